The molecule has 2 aromatic carbocycles. The van der Waals surface area contributed by atoms with Gasteiger partial charge in [-0.2, -0.15) is 0 Å². The van der Waals surface area contributed by atoms with Gasteiger partial charge in [0, 0.05) is 21.8 Å². The van der Waals surface area contributed by atoms with Crippen molar-refractivity contribution in [2.24, 2.45) is 16.2 Å². The van der Waals surface area contributed by atoms with Crippen LogP contribution in [0, 0.1) is 27.8 Å². The van der Waals surface area contributed by atoms with E-state index >= 15 is 4.57 Å². The van der Waals surface area contributed by atoms with E-state index in [-0.39, 0.29) is 39.1 Å². The molecule has 4 aliphatic heterocycles. The largest absolute Gasteiger partial charge is 0.308 e. The maximum absolute atomic E-state index is 16.2. The number of benzene rings is 2. The molecule has 0 bridgehead atoms. The summed E-state index contributed by atoms with van der Waals surface area (Å²) in [6.07, 6.45) is 0. The maximum atomic E-state index is 16.2. The Morgan fingerprint density at radius 2 is 1.34 bits per heavy atom. The molecule has 0 radical (unpaired) electrons. The highest BCUT2D eigenvalue weighted by Gasteiger charge is 3.12. The Morgan fingerprint density at radius 3 is 1.83 bits per heavy atom. The lowest BCUT2D eigenvalue weighted by atomic mass is 9.76. The standard InChI is InChI=1S/C31H39OP3/c1-26(2,3)25-33-24-29(23-18-14-11-15-19-23)31(34(25)29,28(7,8)9)35(32,30(24,33)27(4,5)6)21-20-22-16-12-10-13-17-22/h10-19,24-25H,1-9H3. The topological polar surface area (TPSA) is 17.1 Å². The van der Waals surface area contributed by atoms with Crippen molar-refractivity contribution >= 4 is 23.0 Å². The van der Waals surface area contributed by atoms with Crippen LogP contribution >= 0.6 is 23.0 Å². The van der Waals surface area contributed by atoms with Gasteiger partial charge in [-0.1, -0.05) is 133 Å². The second-order valence-electron chi connectivity index (χ2n) is 14.2. The lowest BCUT2D eigenvalue weighted by Crippen LogP contribution is -2.41. The normalized spacial score (nSPS) is 42.8. The van der Waals surface area contributed by atoms with E-state index in [1.165, 1.54) is 5.56 Å². The summed E-state index contributed by atoms with van der Waals surface area (Å²) in [4.78, 5) is -0.353. The van der Waals surface area contributed by atoms with Crippen LogP contribution in [0.1, 0.15) is 73.4 Å². The van der Waals surface area contributed by atoms with Gasteiger partial charge >= 0.3 is 0 Å². The molecular formula is C31H39OP3. The van der Waals surface area contributed by atoms with E-state index in [0.717, 1.165) is 5.56 Å². The number of fused-ring (bicyclic) bond motifs is 2. The highest BCUT2D eigenvalue weighted by molar-refractivity contribution is 8.11. The second-order valence-corrected chi connectivity index (χ2v) is 23.3. The lowest BCUT2D eigenvalue weighted by Gasteiger charge is -2.51. The fraction of sp³-hybridized carbons (Fsp3) is 0.548. The highest BCUT2D eigenvalue weighted by atomic mass is 31.3. The Morgan fingerprint density at radius 1 is 0.800 bits per heavy atom. The molecule has 0 spiro atoms. The molecule has 184 valence electrons. The molecule has 6 rings (SSSR count). The molecule has 8 unspecified atom stereocenters. The van der Waals surface area contributed by atoms with Crippen molar-refractivity contribution in [2.75, 3.05) is 0 Å². The van der Waals surface area contributed by atoms with Crippen molar-refractivity contribution in [1.29, 1.82) is 0 Å². The molecule has 4 heteroatoms. The number of hydrogen-bond acceptors (Lipinski definition) is 1. The molecular weight excluding hydrogens is 481 g/mol. The van der Waals surface area contributed by atoms with E-state index in [1.807, 2.05) is 18.2 Å². The summed E-state index contributed by atoms with van der Waals surface area (Å²) in [7, 11) is -3.74. The first-order valence-corrected chi connectivity index (χ1v) is 17.6. The first-order chi connectivity index (χ1) is 16.2. The summed E-state index contributed by atoms with van der Waals surface area (Å²) in [6.45, 7) is 21.7. The van der Waals surface area contributed by atoms with Gasteiger partial charge in [0.05, 0.1) is 9.79 Å². The van der Waals surface area contributed by atoms with Crippen LogP contribution in [0.25, 0.3) is 0 Å². The van der Waals surface area contributed by atoms with Gasteiger partial charge in [-0.25, -0.2) is 0 Å². The minimum Gasteiger partial charge on any atom is -0.308 e. The molecule has 0 aromatic heterocycles. The van der Waals surface area contributed by atoms with E-state index in [9.17, 15) is 0 Å². The summed E-state index contributed by atoms with van der Waals surface area (Å²) in [5, 5.41) is 0.747. The van der Waals surface area contributed by atoms with Crippen LogP contribution in [-0.2, 0) is 9.72 Å². The fourth-order valence-corrected chi connectivity index (χ4v) is 33.6. The van der Waals surface area contributed by atoms with Gasteiger partial charge in [0.1, 0.15) is 0 Å². The number of hydrogen-bond donors (Lipinski definition) is 0. The number of rotatable bonds is 1. The van der Waals surface area contributed by atoms with Gasteiger partial charge < -0.3 is 4.57 Å². The summed E-state index contributed by atoms with van der Waals surface area (Å²) >= 11 is 0. The SMILES string of the molecule is CC(C)(C)C1P2C3C4(c5ccccc5)P1C4(C(C)(C)C)P(=O)(C#Cc1ccccc1)C32C(C)(C)C. The minimum absolute atomic E-state index is 0.0390. The third-order valence-electron chi connectivity index (χ3n) is 9.30. The molecule has 0 amide bonds. The average molecular weight is 521 g/mol. The van der Waals surface area contributed by atoms with Crippen LogP contribution in [0.5, 0.6) is 0 Å². The quantitative estimate of drug-likeness (QED) is 0.270. The van der Waals surface area contributed by atoms with Crippen LogP contribution in [0.15, 0.2) is 60.7 Å². The first kappa shape index (κ1) is 24.4. The summed E-state index contributed by atoms with van der Waals surface area (Å²) in [6, 6.07) is 21.6. The van der Waals surface area contributed by atoms with Crippen LogP contribution in [0.3, 0.4) is 0 Å². The predicted molar refractivity (Wildman–Crippen MR) is 154 cm³/mol. The van der Waals surface area contributed by atoms with Crippen molar-refractivity contribution in [2.45, 2.75) is 88.3 Å². The highest BCUT2D eigenvalue weighted by Crippen LogP contribution is 3.29. The van der Waals surface area contributed by atoms with E-state index in [4.69, 9.17) is 0 Å². The zero-order chi connectivity index (χ0) is 25.4. The van der Waals surface area contributed by atoms with Gasteiger partial charge in [-0.05, 0) is 39.6 Å². The van der Waals surface area contributed by atoms with Crippen molar-refractivity contribution < 1.29 is 4.57 Å². The predicted octanol–water partition coefficient (Wildman–Crippen LogP) is 9.50. The Bertz CT molecular complexity index is 1320. The molecule has 8 atom stereocenters. The van der Waals surface area contributed by atoms with Crippen LogP contribution < -0.4 is 0 Å². The smallest absolute Gasteiger partial charge is 0.178 e. The van der Waals surface area contributed by atoms with Crippen molar-refractivity contribution in [3.63, 3.8) is 0 Å². The summed E-state index contributed by atoms with van der Waals surface area (Å²) in [5.74, 6) is 3.51. The lowest BCUT2D eigenvalue weighted by molar-refractivity contribution is 0.347. The van der Waals surface area contributed by atoms with Crippen molar-refractivity contribution in [3.8, 4) is 11.6 Å². The van der Waals surface area contributed by atoms with Gasteiger partial charge in [0.25, 0.3) is 0 Å². The van der Waals surface area contributed by atoms with E-state index < -0.39 is 15.1 Å². The molecule has 4 heterocycles. The van der Waals surface area contributed by atoms with Crippen molar-refractivity contribution in [3.05, 3.63) is 71.8 Å². The van der Waals surface area contributed by atoms with E-state index in [2.05, 4.69) is 116 Å². The van der Waals surface area contributed by atoms with Crippen LogP contribution in [0.2, 0.25) is 0 Å². The van der Waals surface area contributed by atoms with E-state index in [1.54, 1.807) is 0 Å². The first-order valence-electron chi connectivity index (χ1n) is 13.0. The maximum Gasteiger partial charge on any atom is 0.178 e. The van der Waals surface area contributed by atoms with Crippen LogP contribution in [-0.4, -0.2) is 20.9 Å². The molecule has 0 saturated carbocycles. The third kappa shape index (κ3) is 2.37. The Hall–Kier alpha value is -0.910. The molecule has 4 saturated heterocycles. The fourth-order valence-electron chi connectivity index (χ4n) is 8.80. The van der Waals surface area contributed by atoms with Gasteiger partial charge in [-0.15, -0.1) is 0 Å². The van der Waals surface area contributed by atoms with Crippen molar-refractivity contribution in [1.82, 2.24) is 0 Å². The summed E-state index contributed by atoms with van der Waals surface area (Å²) < 4.78 is 16.2. The van der Waals surface area contributed by atoms with Gasteiger partial charge in [0.2, 0.25) is 0 Å². The summed E-state index contributed by atoms with van der Waals surface area (Å²) in [5.41, 5.74) is 6.83. The minimum atomic E-state index is -2.92. The molecule has 1 nitrogen and oxygen atoms in total. The zero-order valence-electron chi connectivity index (χ0n) is 22.7. The van der Waals surface area contributed by atoms with E-state index in [0.29, 0.717) is 11.1 Å². The molecule has 4 fully saturated rings. The van der Waals surface area contributed by atoms with Crippen LogP contribution in [0.4, 0.5) is 0 Å². The average Bonchev–Trinajstić information content (AvgIpc) is 3.59. The molecule has 35 heavy (non-hydrogen) atoms. The van der Waals surface area contributed by atoms with Gasteiger partial charge in [-0.3, -0.25) is 0 Å². The molecule has 0 N–H and O–H groups in total. The Balaban J connectivity index is 1.72. The molecule has 2 aromatic rings. The molecule has 0 aliphatic carbocycles. The second kappa shape index (κ2) is 6.74. The third-order valence-corrected chi connectivity index (χ3v) is 27.1. The Kier molecular flexibility index (Phi) is 4.71. The molecule has 4 aliphatic rings. The Labute approximate surface area is 215 Å². The zero-order valence-corrected chi connectivity index (χ0v) is 25.4. The monoisotopic (exact) mass is 520 g/mol. The van der Waals surface area contributed by atoms with Gasteiger partial charge in [0.15, 0.2) is 7.14 Å².